The molecule has 0 saturated heterocycles. The van der Waals surface area contributed by atoms with Gasteiger partial charge in [-0.2, -0.15) is 0 Å². The molecular weight excluding hydrogens is 290 g/mol. The minimum atomic E-state index is 0.450. The lowest BCUT2D eigenvalue weighted by molar-refractivity contribution is 0.958. The van der Waals surface area contributed by atoms with Crippen molar-refractivity contribution in [1.82, 2.24) is 20.2 Å². The molecule has 0 amide bonds. The number of hydrogen-bond donors (Lipinski definition) is 1. The maximum Gasteiger partial charge on any atom is 0.206 e. The van der Waals surface area contributed by atoms with Crippen LogP contribution < -0.4 is 5.32 Å². The van der Waals surface area contributed by atoms with E-state index in [-0.39, 0.29) is 0 Å². The lowest BCUT2D eigenvalue weighted by atomic mass is 10.6. The third-order valence-corrected chi connectivity index (χ3v) is 4.30. The van der Waals surface area contributed by atoms with Crippen LogP contribution in [0.4, 0.5) is 5.13 Å². The summed E-state index contributed by atoms with van der Waals surface area (Å²) in [6.45, 7) is 1.82. The van der Waals surface area contributed by atoms with E-state index >= 15 is 0 Å². The minimum Gasteiger partial charge on any atom is -0.357 e. The summed E-state index contributed by atoms with van der Waals surface area (Å²) in [4.78, 5) is 8.32. The van der Waals surface area contributed by atoms with Gasteiger partial charge in [-0.05, 0) is 31.5 Å². The Bertz CT molecular complexity index is 549. The van der Waals surface area contributed by atoms with Gasteiger partial charge in [-0.15, -0.1) is 10.2 Å². The maximum atomic E-state index is 5.89. The van der Waals surface area contributed by atoms with E-state index in [0.29, 0.717) is 17.0 Å². The highest BCUT2D eigenvalue weighted by Crippen LogP contribution is 2.33. The molecular formula is C10H10ClN5S2. The van der Waals surface area contributed by atoms with E-state index in [2.05, 4.69) is 25.5 Å². The Balaban J connectivity index is 1.72. The van der Waals surface area contributed by atoms with Crippen LogP contribution >= 0.6 is 34.7 Å². The molecule has 0 aromatic carbocycles. The number of aromatic nitrogens is 4. The van der Waals surface area contributed by atoms with Crippen molar-refractivity contribution < 1.29 is 0 Å². The lowest BCUT2D eigenvalue weighted by Crippen LogP contribution is -1.99. The highest BCUT2D eigenvalue weighted by atomic mass is 35.5. The van der Waals surface area contributed by atoms with E-state index < -0.39 is 0 Å². The van der Waals surface area contributed by atoms with Gasteiger partial charge in [0.2, 0.25) is 5.13 Å². The van der Waals surface area contributed by atoms with Gasteiger partial charge in [-0.25, -0.2) is 9.97 Å². The molecule has 1 fully saturated rings. The van der Waals surface area contributed by atoms with Crippen LogP contribution in [0.3, 0.4) is 0 Å². The lowest BCUT2D eigenvalue weighted by Gasteiger charge is -1.98. The molecule has 1 aliphatic carbocycles. The average molecular weight is 300 g/mol. The molecule has 2 aromatic rings. The highest BCUT2D eigenvalue weighted by Gasteiger charge is 2.22. The van der Waals surface area contributed by atoms with Gasteiger partial charge in [0.15, 0.2) is 4.34 Å². The first-order valence-electron chi connectivity index (χ1n) is 5.48. The zero-order valence-electron chi connectivity index (χ0n) is 9.55. The fourth-order valence-electron chi connectivity index (χ4n) is 1.36. The van der Waals surface area contributed by atoms with Crippen LogP contribution in [0.5, 0.6) is 0 Å². The van der Waals surface area contributed by atoms with Crippen molar-refractivity contribution in [1.29, 1.82) is 0 Å². The SMILES string of the molecule is Cc1nc(Cl)cc(Sc2nnc(NC3CC3)s2)n1. The summed E-state index contributed by atoms with van der Waals surface area (Å²) in [5.74, 6) is 0.658. The van der Waals surface area contributed by atoms with E-state index in [1.165, 1.54) is 35.9 Å². The van der Waals surface area contributed by atoms with Crippen LogP contribution in [0.1, 0.15) is 18.7 Å². The zero-order chi connectivity index (χ0) is 12.5. The molecule has 3 rings (SSSR count). The first-order valence-corrected chi connectivity index (χ1v) is 7.49. The summed E-state index contributed by atoms with van der Waals surface area (Å²) < 4.78 is 0.854. The van der Waals surface area contributed by atoms with Gasteiger partial charge < -0.3 is 5.32 Å². The standard InChI is InChI=1S/C10H10ClN5S2/c1-5-12-7(11)4-8(13-5)17-10-16-15-9(18-10)14-6-2-3-6/h4,6H,2-3H2,1H3,(H,14,15). The Hall–Kier alpha value is -0.920. The van der Waals surface area contributed by atoms with Gasteiger partial charge in [-0.3, -0.25) is 0 Å². The zero-order valence-corrected chi connectivity index (χ0v) is 11.9. The fourth-order valence-corrected chi connectivity index (χ4v) is 3.47. The van der Waals surface area contributed by atoms with Crippen molar-refractivity contribution in [2.75, 3.05) is 5.32 Å². The van der Waals surface area contributed by atoms with Gasteiger partial charge in [0, 0.05) is 12.1 Å². The van der Waals surface area contributed by atoms with Crippen LogP contribution in [-0.4, -0.2) is 26.2 Å². The Morgan fingerprint density at radius 1 is 1.39 bits per heavy atom. The van der Waals surface area contributed by atoms with Crippen molar-refractivity contribution in [2.24, 2.45) is 0 Å². The largest absolute Gasteiger partial charge is 0.357 e. The van der Waals surface area contributed by atoms with Crippen molar-refractivity contribution >= 4 is 39.8 Å². The van der Waals surface area contributed by atoms with Crippen LogP contribution in [0.2, 0.25) is 5.15 Å². The third kappa shape index (κ3) is 3.09. The number of nitrogens with zero attached hydrogens (tertiary/aromatic N) is 4. The summed E-state index contributed by atoms with van der Waals surface area (Å²) in [5, 5.41) is 13.6. The monoisotopic (exact) mass is 299 g/mol. The van der Waals surface area contributed by atoms with Crippen molar-refractivity contribution in [3.05, 3.63) is 17.0 Å². The molecule has 18 heavy (non-hydrogen) atoms. The Kier molecular flexibility index (Phi) is 3.36. The topological polar surface area (TPSA) is 63.6 Å². The molecule has 0 spiro atoms. The molecule has 2 aromatic heterocycles. The molecule has 94 valence electrons. The maximum absolute atomic E-state index is 5.89. The third-order valence-electron chi connectivity index (χ3n) is 2.29. The number of anilines is 1. The Morgan fingerprint density at radius 3 is 2.94 bits per heavy atom. The summed E-state index contributed by atoms with van der Waals surface area (Å²) in [6, 6.07) is 2.32. The van der Waals surface area contributed by atoms with Crippen LogP contribution in [-0.2, 0) is 0 Å². The second-order valence-electron chi connectivity index (χ2n) is 3.97. The first-order chi connectivity index (χ1) is 8.69. The normalized spacial score (nSPS) is 14.8. The van der Waals surface area contributed by atoms with E-state index in [1.54, 1.807) is 6.07 Å². The highest BCUT2D eigenvalue weighted by molar-refractivity contribution is 8.01. The second-order valence-corrected chi connectivity index (χ2v) is 6.60. The molecule has 0 radical (unpaired) electrons. The van der Waals surface area contributed by atoms with Crippen molar-refractivity contribution in [3.8, 4) is 0 Å². The van der Waals surface area contributed by atoms with E-state index in [0.717, 1.165) is 14.5 Å². The summed E-state index contributed by atoms with van der Waals surface area (Å²) in [5.41, 5.74) is 0. The van der Waals surface area contributed by atoms with Crippen LogP contribution in [0.15, 0.2) is 15.4 Å². The minimum absolute atomic E-state index is 0.450. The number of aryl methyl sites for hydroxylation is 1. The van der Waals surface area contributed by atoms with Gasteiger partial charge in [0.05, 0.1) is 0 Å². The molecule has 0 aliphatic heterocycles. The van der Waals surface area contributed by atoms with Crippen molar-refractivity contribution in [2.45, 2.75) is 35.2 Å². The molecule has 1 aliphatic rings. The van der Waals surface area contributed by atoms with Gasteiger partial charge in [0.1, 0.15) is 16.0 Å². The van der Waals surface area contributed by atoms with E-state index in [4.69, 9.17) is 11.6 Å². The predicted octanol–water partition coefficient (Wildman–Crippen LogP) is 3.02. The molecule has 1 N–H and O–H groups in total. The van der Waals surface area contributed by atoms with Crippen LogP contribution in [0.25, 0.3) is 0 Å². The van der Waals surface area contributed by atoms with Gasteiger partial charge in [0.25, 0.3) is 0 Å². The van der Waals surface area contributed by atoms with Gasteiger partial charge in [-0.1, -0.05) is 22.9 Å². The predicted molar refractivity (Wildman–Crippen MR) is 72.5 cm³/mol. The Morgan fingerprint density at radius 2 is 2.22 bits per heavy atom. The summed E-state index contributed by atoms with van der Waals surface area (Å²) >= 11 is 8.88. The number of hydrogen-bond acceptors (Lipinski definition) is 7. The van der Waals surface area contributed by atoms with E-state index in [1.807, 2.05) is 6.92 Å². The average Bonchev–Trinajstić information content (AvgIpc) is 2.98. The molecule has 2 heterocycles. The van der Waals surface area contributed by atoms with Gasteiger partial charge >= 0.3 is 0 Å². The number of nitrogens with one attached hydrogen (secondary N) is 1. The molecule has 0 unspecified atom stereocenters. The molecule has 8 heteroatoms. The van der Waals surface area contributed by atoms with Crippen molar-refractivity contribution in [3.63, 3.8) is 0 Å². The second kappa shape index (κ2) is 4.99. The summed E-state index contributed by atoms with van der Waals surface area (Å²) in [7, 11) is 0. The number of rotatable bonds is 4. The smallest absolute Gasteiger partial charge is 0.206 e. The quantitative estimate of drug-likeness (QED) is 0.876. The van der Waals surface area contributed by atoms with Crippen LogP contribution in [0, 0.1) is 6.92 Å². The fraction of sp³-hybridized carbons (Fsp3) is 0.400. The summed E-state index contributed by atoms with van der Waals surface area (Å²) in [6.07, 6.45) is 2.45. The molecule has 0 bridgehead atoms. The Labute approximate surface area is 117 Å². The molecule has 0 atom stereocenters. The van der Waals surface area contributed by atoms with E-state index in [9.17, 15) is 0 Å². The first kappa shape index (κ1) is 12.1. The molecule has 5 nitrogen and oxygen atoms in total. The molecule has 1 saturated carbocycles. The number of halogens is 1.